The summed E-state index contributed by atoms with van der Waals surface area (Å²) in [5.41, 5.74) is 1.37. The molecular formula is C16H13ClN2O3. The number of fused-ring (bicyclic) bond motifs is 1. The number of carbonyl (C=O) groups is 1. The Bertz CT molecular complexity index is 821. The molecule has 0 radical (unpaired) electrons. The number of rotatable bonds is 4. The fourth-order valence-electron chi connectivity index (χ4n) is 2.46. The average molecular weight is 317 g/mol. The Morgan fingerprint density at radius 3 is 2.95 bits per heavy atom. The highest BCUT2D eigenvalue weighted by Crippen LogP contribution is 2.30. The summed E-state index contributed by atoms with van der Waals surface area (Å²) in [5, 5.41) is 0.609. The van der Waals surface area contributed by atoms with Crippen molar-refractivity contribution in [3.63, 3.8) is 0 Å². The second-order valence-electron chi connectivity index (χ2n) is 5.36. The Balaban J connectivity index is 1.62. The van der Waals surface area contributed by atoms with Crippen LogP contribution in [0.15, 0.2) is 45.4 Å². The molecule has 2 aromatic heterocycles. The summed E-state index contributed by atoms with van der Waals surface area (Å²) in [4.78, 5) is 18.7. The first kappa shape index (κ1) is 13.4. The summed E-state index contributed by atoms with van der Waals surface area (Å²) in [6.45, 7) is 0.330. The van der Waals surface area contributed by atoms with E-state index in [1.165, 1.54) is 6.26 Å². The molecule has 22 heavy (non-hydrogen) atoms. The molecule has 1 amide bonds. The number of halogens is 1. The van der Waals surface area contributed by atoms with Crippen LogP contribution in [-0.4, -0.2) is 21.8 Å². The standard InChI is InChI=1S/C16H13ClN2O3/c17-10-3-6-13-12(8-10)18-15(22-13)9-19(11-4-5-11)16(20)14-2-1-7-21-14/h1-3,6-8,11H,4-5,9H2. The second kappa shape index (κ2) is 5.18. The summed E-state index contributed by atoms with van der Waals surface area (Å²) in [5.74, 6) is 0.711. The molecule has 1 saturated carbocycles. The van der Waals surface area contributed by atoms with E-state index < -0.39 is 0 Å². The zero-order chi connectivity index (χ0) is 15.1. The van der Waals surface area contributed by atoms with Crippen molar-refractivity contribution in [2.24, 2.45) is 0 Å². The van der Waals surface area contributed by atoms with E-state index in [1.54, 1.807) is 35.2 Å². The van der Waals surface area contributed by atoms with Crippen LogP contribution >= 0.6 is 11.6 Å². The van der Waals surface area contributed by atoms with E-state index in [1.807, 2.05) is 0 Å². The van der Waals surface area contributed by atoms with Crippen molar-refractivity contribution < 1.29 is 13.6 Å². The highest BCUT2D eigenvalue weighted by molar-refractivity contribution is 6.31. The number of oxazole rings is 1. The molecule has 3 aromatic rings. The van der Waals surface area contributed by atoms with E-state index in [9.17, 15) is 4.79 Å². The minimum Gasteiger partial charge on any atom is -0.459 e. The predicted octanol–water partition coefficient (Wildman–Crippen LogP) is 3.88. The molecule has 2 heterocycles. The molecule has 6 heteroatoms. The largest absolute Gasteiger partial charge is 0.459 e. The van der Waals surface area contributed by atoms with Crippen LogP contribution < -0.4 is 0 Å². The summed E-state index contributed by atoms with van der Waals surface area (Å²) in [6, 6.07) is 8.90. The Hall–Kier alpha value is -2.27. The Morgan fingerprint density at radius 1 is 1.36 bits per heavy atom. The van der Waals surface area contributed by atoms with Crippen LogP contribution in [0.25, 0.3) is 11.1 Å². The Kier molecular flexibility index (Phi) is 3.15. The van der Waals surface area contributed by atoms with Crippen LogP contribution in [0.5, 0.6) is 0 Å². The van der Waals surface area contributed by atoms with Crippen LogP contribution in [0.3, 0.4) is 0 Å². The maximum Gasteiger partial charge on any atom is 0.290 e. The molecule has 1 aliphatic carbocycles. The summed E-state index contributed by atoms with van der Waals surface area (Å²) in [6.07, 6.45) is 3.50. The number of nitrogens with zero attached hydrogens (tertiary/aromatic N) is 2. The first-order chi connectivity index (χ1) is 10.7. The molecular weight excluding hydrogens is 304 g/mol. The summed E-state index contributed by atoms with van der Waals surface area (Å²) >= 11 is 5.95. The molecule has 1 aliphatic rings. The van der Waals surface area contributed by atoms with Gasteiger partial charge in [0.1, 0.15) is 5.52 Å². The molecule has 1 aromatic carbocycles. The molecule has 0 spiro atoms. The van der Waals surface area contributed by atoms with Gasteiger partial charge in [0.2, 0.25) is 5.89 Å². The van der Waals surface area contributed by atoms with E-state index in [0.717, 1.165) is 12.8 Å². The topological polar surface area (TPSA) is 59.5 Å². The summed E-state index contributed by atoms with van der Waals surface area (Å²) < 4.78 is 10.9. The predicted molar refractivity (Wildman–Crippen MR) is 80.6 cm³/mol. The van der Waals surface area contributed by atoms with E-state index in [2.05, 4.69) is 4.98 Å². The van der Waals surface area contributed by atoms with Gasteiger partial charge in [-0.05, 0) is 43.2 Å². The normalized spacial score (nSPS) is 14.4. The van der Waals surface area contributed by atoms with Gasteiger partial charge in [0, 0.05) is 11.1 Å². The fourth-order valence-corrected chi connectivity index (χ4v) is 2.62. The highest BCUT2D eigenvalue weighted by atomic mass is 35.5. The lowest BCUT2D eigenvalue weighted by atomic mass is 10.3. The smallest absolute Gasteiger partial charge is 0.290 e. The zero-order valence-corrected chi connectivity index (χ0v) is 12.4. The third kappa shape index (κ3) is 2.48. The number of amides is 1. The van der Waals surface area contributed by atoms with Crippen molar-refractivity contribution in [2.45, 2.75) is 25.4 Å². The minimum atomic E-state index is -0.132. The van der Waals surface area contributed by atoms with Gasteiger partial charge >= 0.3 is 0 Å². The van der Waals surface area contributed by atoms with Gasteiger partial charge in [-0.25, -0.2) is 4.98 Å². The maximum absolute atomic E-state index is 12.5. The first-order valence-electron chi connectivity index (χ1n) is 7.10. The summed E-state index contributed by atoms with van der Waals surface area (Å²) in [7, 11) is 0. The molecule has 4 rings (SSSR count). The number of hydrogen-bond donors (Lipinski definition) is 0. The molecule has 1 fully saturated rings. The van der Waals surface area contributed by atoms with E-state index in [-0.39, 0.29) is 11.9 Å². The van der Waals surface area contributed by atoms with Crippen molar-refractivity contribution in [2.75, 3.05) is 0 Å². The third-order valence-corrected chi connectivity index (χ3v) is 3.92. The average Bonchev–Trinajstić information content (AvgIpc) is 3.05. The number of furan rings is 1. The van der Waals surface area contributed by atoms with Gasteiger partial charge in [0.15, 0.2) is 11.3 Å². The van der Waals surface area contributed by atoms with Gasteiger partial charge in [0.25, 0.3) is 5.91 Å². The highest BCUT2D eigenvalue weighted by Gasteiger charge is 2.35. The molecule has 0 atom stereocenters. The maximum atomic E-state index is 12.5. The van der Waals surface area contributed by atoms with Crippen molar-refractivity contribution >= 4 is 28.6 Å². The van der Waals surface area contributed by atoms with Crippen molar-refractivity contribution in [1.29, 1.82) is 0 Å². The first-order valence-corrected chi connectivity index (χ1v) is 7.48. The Morgan fingerprint density at radius 2 is 2.23 bits per heavy atom. The molecule has 0 bridgehead atoms. The van der Waals surface area contributed by atoms with Crippen LogP contribution in [0.2, 0.25) is 5.02 Å². The molecule has 5 nitrogen and oxygen atoms in total. The van der Waals surface area contributed by atoms with Gasteiger partial charge in [0.05, 0.1) is 12.8 Å². The van der Waals surface area contributed by atoms with E-state index >= 15 is 0 Å². The molecule has 0 aliphatic heterocycles. The lowest BCUT2D eigenvalue weighted by molar-refractivity contribution is 0.0682. The molecule has 112 valence electrons. The van der Waals surface area contributed by atoms with Crippen LogP contribution in [0.1, 0.15) is 29.3 Å². The molecule has 0 saturated heterocycles. The quantitative estimate of drug-likeness (QED) is 0.733. The monoisotopic (exact) mass is 316 g/mol. The zero-order valence-electron chi connectivity index (χ0n) is 11.7. The minimum absolute atomic E-state index is 0.132. The molecule has 0 unspecified atom stereocenters. The Labute approximate surface area is 131 Å². The van der Waals surface area contributed by atoms with E-state index in [0.29, 0.717) is 34.3 Å². The van der Waals surface area contributed by atoms with Gasteiger partial charge in [-0.2, -0.15) is 0 Å². The lowest BCUT2D eigenvalue weighted by Gasteiger charge is -2.19. The number of benzene rings is 1. The number of carbonyl (C=O) groups excluding carboxylic acids is 1. The molecule has 0 N–H and O–H groups in total. The van der Waals surface area contributed by atoms with Crippen molar-refractivity contribution in [3.8, 4) is 0 Å². The lowest BCUT2D eigenvalue weighted by Crippen LogP contribution is -2.32. The van der Waals surface area contributed by atoms with Gasteiger partial charge in [-0.1, -0.05) is 11.6 Å². The third-order valence-electron chi connectivity index (χ3n) is 3.68. The van der Waals surface area contributed by atoms with Crippen LogP contribution in [0, 0.1) is 0 Å². The SMILES string of the molecule is O=C(c1ccco1)N(Cc1nc2cc(Cl)ccc2o1)C1CC1. The van der Waals surface area contributed by atoms with Crippen molar-refractivity contribution in [3.05, 3.63) is 53.3 Å². The second-order valence-corrected chi connectivity index (χ2v) is 5.80. The van der Waals surface area contributed by atoms with Crippen molar-refractivity contribution in [1.82, 2.24) is 9.88 Å². The fraction of sp³-hybridized carbons (Fsp3) is 0.250. The van der Waals surface area contributed by atoms with E-state index in [4.69, 9.17) is 20.4 Å². The number of hydrogen-bond acceptors (Lipinski definition) is 4. The number of aromatic nitrogens is 1. The van der Waals surface area contributed by atoms with Crippen LogP contribution in [-0.2, 0) is 6.54 Å². The van der Waals surface area contributed by atoms with Gasteiger partial charge in [-0.15, -0.1) is 0 Å². The van der Waals surface area contributed by atoms with Crippen LogP contribution in [0.4, 0.5) is 0 Å². The van der Waals surface area contributed by atoms with Gasteiger partial charge in [-0.3, -0.25) is 4.79 Å². The van der Waals surface area contributed by atoms with Gasteiger partial charge < -0.3 is 13.7 Å².